The molecule has 0 bridgehead atoms. The van der Waals surface area contributed by atoms with Crippen LogP contribution in [0.1, 0.15) is 12.8 Å². The van der Waals surface area contributed by atoms with Gasteiger partial charge in [-0.3, -0.25) is 14.2 Å². The number of sulfonamides is 1. The lowest BCUT2D eigenvalue weighted by Crippen LogP contribution is -2.28. The molecule has 0 amide bonds. The highest BCUT2D eigenvalue weighted by Crippen LogP contribution is 2.25. The van der Waals surface area contributed by atoms with Crippen LogP contribution < -0.4 is 5.56 Å². The molecule has 0 spiro atoms. The van der Waals surface area contributed by atoms with E-state index in [0.29, 0.717) is 29.7 Å². The second-order valence-corrected chi connectivity index (χ2v) is 9.91. The van der Waals surface area contributed by atoms with Crippen LogP contribution in [0.5, 0.6) is 0 Å². The summed E-state index contributed by atoms with van der Waals surface area (Å²) in [7, 11) is -2.36. The SMILES string of the molecule is COC(=O)CSc1nc2ccccc2c(=O)n1-c1cccc(S(=O)(=O)N2CCCC2)c1. The lowest BCUT2D eigenvalue weighted by Gasteiger charge is -2.17. The quantitative estimate of drug-likeness (QED) is 0.317. The second-order valence-electron chi connectivity index (χ2n) is 7.03. The Morgan fingerprint density at radius 2 is 1.87 bits per heavy atom. The Morgan fingerprint density at radius 3 is 2.61 bits per heavy atom. The average molecular weight is 460 g/mol. The van der Waals surface area contributed by atoms with Crippen molar-refractivity contribution in [3.05, 3.63) is 58.9 Å². The number of thioether (sulfide) groups is 1. The Hall–Kier alpha value is -2.69. The van der Waals surface area contributed by atoms with Crippen LogP contribution in [0.4, 0.5) is 0 Å². The molecule has 162 valence electrons. The fourth-order valence-corrected chi connectivity index (χ4v) is 5.88. The van der Waals surface area contributed by atoms with Crippen LogP contribution >= 0.6 is 11.8 Å². The minimum Gasteiger partial charge on any atom is -0.468 e. The third-order valence-electron chi connectivity index (χ3n) is 5.07. The van der Waals surface area contributed by atoms with Gasteiger partial charge in [0, 0.05) is 13.1 Å². The number of esters is 1. The number of carbonyl (C=O) groups is 1. The van der Waals surface area contributed by atoms with Crippen molar-refractivity contribution in [3.8, 4) is 5.69 Å². The lowest BCUT2D eigenvalue weighted by atomic mass is 10.2. The van der Waals surface area contributed by atoms with E-state index in [4.69, 9.17) is 4.74 Å². The third-order valence-corrected chi connectivity index (χ3v) is 7.88. The Kier molecular flexibility index (Phi) is 6.12. The average Bonchev–Trinajstić information content (AvgIpc) is 3.33. The Bertz CT molecular complexity index is 1300. The molecule has 1 saturated heterocycles. The second kappa shape index (κ2) is 8.81. The normalized spacial score (nSPS) is 14.7. The zero-order chi connectivity index (χ0) is 22.0. The van der Waals surface area contributed by atoms with Crippen LogP contribution in [-0.2, 0) is 19.6 Å². The fraction of sp³-hybridized carbons (Fsp3) is 0.286. The predicted molar refractivity (Wildman–Crippen MR) is 118 cm³/mol. The van der Waals surface area contributed by atoms with Gasteiger partial charge >= 0.3 is 5.97 Å². The van der Waals surface area contributed by atoms with Crippen molar-refractivity contribution in [1.29, 1.82) is 0 Å². The van der Waals surface area contributed by atoms with Gasteiger partial charge in [0.05, 0.1) is 34.3 Å². The molecular formula is C21H21N3O5S2. The largest absolute Gasteiger partial charge is 0.468 e. The number of benzene rings is 2. The first-order valence-electron chi connectivity index (χ1n) is 9.74. The highest BCUT2D eigenvalue weighted by Gasteiger charge is 2.27. The summed E-state index contributed by atoms with van der Waals surface area (Å²) in [4.78, 5) is 29.7. The molecule has 4 rings (SSSR count). The first kappa shape index (κ1) is 21.5. The summed E-state index contributed by atoms with van der Waals surface area (Å²) < 4.78 is 33.5. The molecule has 1 aromatic heterocycles. The summed E-state index contributed by atoms with van der Waals surface area (Å²) in [5.74, 6) is -0.489. The molecule has 3 aromatic rings. The summed E-state index contributed by atoms with van der Waals surface area (Å²) in [6, 6.07) is 13.2. The van der Waals surface area contributed by atoms with Crippen LogP contribution in [0, 0.1) is 0 Å². The van der Waals surface area contributed by atoms with Gasteiger partial charge in [-0.05, 0) is 43.2 Å². The molecule has 2 aromatic carbocycles. The summed E-state index contributed by atoms with van der Waals surface area (Å²) >= 11 is 1.06. The monoisotopic (exact) mass is 459 g/mol. The van der Waals surface area contributed by atoms with Gasteiger partial charge < -0.3 is 4.74 Å². The molecule has 0 aliphatic carbocycles. The molecule has 1 aliphatic rings. The van der Waals surface area contributed by atoms with Crippen molar-refractivity contribution in [2.45, 2.75) is 22.9 Å². The first-order chi connectivity index (χ1) is 14.9. The van der Waals surface area contributed by atoms with Crippen molar-refractivity contribution >= 4 is 38.7 Å². The van der Waals surface area contributed by atoms with E-state index in [-0.39, 0.29) is 21.4 Å². The number of carbonyl (C=O) groups excluding carboxylic acids is 1. The third kappa shape index (κ3) is 4.23. The van der Waals surface area contributed by atoms with Crippen LogP contribution in [0.15, 0.2) is 63.4 Å². The molecule has 0 atom stereocenters. The Balaban J connectivity index is 1.86. The van der Waals surface area contributed by atoms with Gasteiger partial charge in [-0.15, -0.1) is 0 Å². The molecule has 31 heavy (non-hydrogen) atoms. The molecular weight excluding hydrogens is 438 g/mol. The van der Waals surface area contributed by atoms with E-state index in [2.05, 4.69) is 4.98 Å². The highest BCUT2D eigenvalue weighted by atomic mass is 32.2. The number of para-hydroxylation sites is 1. The van der Waals surface area contributed by atoms with Gasteiger partial charge in [0.25, 0.3) is 5.56 Å². The van der Waals surface area contributed by atoms with E-state index in [1.807, 2.05) is 0 Å². The van der Waals surface area contributed by atoms with Gasteiger partial charge in [0.1, 0.15) is 0 Å². The number of rotatable bonds is 6. The van der Waals surface area contributed by atoms with Crippen molar-refractivity contribution in [3.63, 3.8) is 0 Å². The maximum Gasteiger partial charge on any atom is 0.316 e. The highest BCUT2D eigenvalue weighted by molar-refractivity contribution is 7.99. The summed E-state index contributed by atoms with van der Waals surface area (Å²) in [6.45, 7) is 0.981. The molecule has 1 aliphatic heterocycles. The summed E-state index contributed by atoms with van der Waals surface area (Å²) in [6.07, 6.45) is 1.67. The van der Waals surface area contributed by atoms with E-state index >= 15 is 0 Å². The lowest BCUT2D eigenvalue weighted by molar-refractivity contribution is -0.137. The number of methoxy groups -OCH3 is 1. The number of hydrogen-bond acceptors (Lipinski definition) is 7. The van der Waals surface area contributed by atoms with Crippen LogP contribution in [0.2, 0.25) is 0 Å². The van der Waals surface area contributed by atoms with Gasteiger partial charge in [0.2, 0.25) is 10.0 Å². The van der Waals surface area contributed by atoms with Crippen molar-refractivity contribution in [1.82, 2.24) is 13.9 Å². The van der Waals surface area contributed by atoms with Crippen molar-refractivity contribution < 1.29 is 17.9 Å². The zero-order valence-electron chi connectivity index (χ0n) is 16.9. The summed E-state index contributed by atoms with van der Waals surface area (Å²) in [5, 5.41) is 0.683. The number of aromatic nitrogens is 2. The molecule has 0 radical (unpaired) electrons. The summed E-state index contributed by atoms with van der Waals surface area (Å²) in [5.41, 5.74) is 0.529. The van der Waals surface area contributed by atoms with E-state index in [1.54, 1.807) is 36.4 Å². The van der Waals surface area contributed by atoms with E-state index in [0.717, 1.165) is 24.6 Å². The molecule has 2 heterocycles. The van der Waals surface area contributed by atoms with Crippen LogP contribution in [0.3, 0.4) is 0 Å². The van der Waals surface area contributed by atoms with Gasteiger partial charge in [-0.1, -0.05) is 30.0 Å². The molecule has 1 fully saturated rings. The van der Waals surface area contributed by atoms with Crippen LogP contribution in [-0.4, -0.2) is 54.2 Å². The standard InChI is InChI=1S/C21H21N3O5S2/c1-29-19(25)14-30-21-22-18-10-3-2-9-17(18)20(26)24(21)15-7-6-8-16(13-15)31(27,28)23-11-4-5-12-23/h2-3,6-10,13H,4-5,11-12,14H2,1H3. The molecule has 0 unspecified atom stereocenters. The molecule has 0 saturated carbocycles. The van der Waals surface area contributed by atoms with Gasteiger partial charge in [-0.25, -0.2) is 13.4 Å². The topological polar surface area (TPSA) is 98.6 Å². The smallest absolute Gasteiger partial charge is 0.316 e. The van der Waals surface area contributed by atoms with Crippen LogP contribution in [0.25, 0.3) is 16.6 Å². The molecule has 0 N–H and O–H groups in total. The fourth-order valence-electron chi connectivity index (χ4n) is 3.48. The maximum absolute atomic E-state index is 13.3. The number of nitrogens with zero attached hydrogens (tertiary/aromatic N) is 3. The molecule has 10 heteroatoms. The Morgan fingerprint density at radius 1 is 1.13 bits per heavy atom. The van der Waals surface area contributed by atoms with Crippen molar-refractivity contribution in [2.75, 3.05) is 26.0 Å². The van der Waals surface area contributed by atoms with Crippen molar-refractivity contribution in [2.24, 2.45) is 0 Å². The first-order valence-corrected chi connectivity index (χ1v) is 12.2. The van der Waals surface area contributed by atoms with Gasteiger partial charge in [0.15, 0.2) is 5.16 Å². The van der Waals surface area contributed by atoms with E-state index < -0.39 is 16.0 Å². The number of fused-ring (bicyclic) bond motifs is 1. The number of ether oxygens (including phenoxy) is 1. The number of hydrogen-bond donors (Lipinski definition) is 0. The van der Waals surface area contributed by atoms with E-state index in [9.17, 15) is 18.0 Å². The molecule has 8 nitrogen and oxygen atoms in total. The Labute approximate surface area is 183 Å². The van der Waals surface area contributed by atoms with Gasteiger partial charge in [-0.2, -0.15) is 4.31 Å². The minimum atomic E-state index is -3.65. The van der Waals surface area contributed by atoms with E-state index in [1.165, 1.54) is 28.1 Å². The zero-order valence-corrected chi connectivity index (χ0v) is 18.5. The minimum absolute atomic E-state index is 0.0347. The maximum atomic E-state index is 13.3. The predicted octanol–water partition coefficient (Wildman–Crippen LogP) is 2.44.